The maximum Gasteiger partial charge on any atom is 0.129 e. The van der Waals surface area contributed by atoms with Gasteiger partial charge in [0, 0.05) is 41.2 Å². The van der Waals surface area contributed by atoms with Crippen LogP contribution >= 0.6 is 0 Å². The number of fused-ring (bicyclic) bond motifs is 1. The summed E-state index contributed by atoms with van der Waals surface area (Å²) in [5.74, 6) is 0.848. The summed E-state index contributed by atoms with van der Waals surface area (Å²) in [6.07, 6.45) is 9.28. The number of hydrogen-bond acceptors (Lipinski definition) is 4. The van der Waals surface area contributed by atoms with Gasteiger partial charge in [-0.1, -0.05) is 29.8 Å². The zero-order valence-electron chi connectivity index (χ0n) is 17.0. The Morgan fingerprint density at radius 2 is 1.86 bits per heavy atom. The summed E-state index contributed by atoms with van der Waals surface area (Å²) in [5.41, 5.74) is 6.23. The first-order valence-corrected chi connectivity index (χ1v) is 9.59. The summed E-state index contributed by atoms with van der Waals surface area (Å²) in [4.78, 5) is 18.6. The lowest BCUT2D eigenvalue weighted by atomic mass is 10.1. The van der Waals surface area contributed by atoms with Crippen molar-refractivity contribution in [1.82, 2.24) is 15.0 Å². The van der Waals surface area contributed by atoms with E-state index in [1.54, 1.807) is 0 Å². The molecule has 0 atom stereocenters. The number of aromatic nitrogens is 3. The minimum Gasteiger partial charge on any atom is -0.258 e. The number of pyridine rings is 1. The Morgan fingerprint density at radius 3 is 2.64 bits per heavy atom. The minimum absolute atomic E-state index is 0.761. The summed E-state index contributed by atoms with van der Waals surface area (Å²) < 4.78 is 0. The molecule has 0 amide bonds. The SMILES string of the molecule is C/C=C\c1ncccc1C(C)=NC(CCc1ncc2ccccc2n1)=C(C)C. The summed E-state index contributed by atoms with van der Waals surface area (Å²) in [6.45, 7) is 8.24. The number of benzene rings is 1. The third-order valence-electron chi connectivity index (χ3n) is 4.56. The summed E-state index contributed by atoms with van der Waals surface area (Å²) in [5, 5.41) is 1.07. The molecule has 4 heteroatoms. The molecule has 4 nitrogen and oxygen atoms in total. The lowest BCUT2D eigenvalue weighted by Gasteiger charge is -2.09. The summed E-state index contributed by atoms with van der Waals surface area (Å²) >= 11 is 0. The van der Waals surface area contributed by atoms with Gasteiger partial charge in [0.15, 0.2) is 0 Å². The average molecular weight is 371 g/mol. The Labute approximate surface area is 166 Å². The van der Waals surface area contributed by atoms with Gasteiger partial charge >= 0.3 is 0 Å². The Balaban J connectivity index is 1.82. The van der Waals surface area contributed by atoms with Crippen LogP contribution in [0.4, 0.5) is 0 Å². The Kier molecular flexibility index (Phi) is 6.43. The van der Waals surface area contributed by atoms with Gasteiger partial charge in [0.25, 0.3) is 0 Å². The second-order valence-electron chi connectivity index (χ2n) is 6.93. The zero-order chi connectivity index (χ0) is 19.9. The molecule has 28 heavy (non-hydrogen) atoms. The van der Waals surface area contributed by atoms with Crippen LogP contribution in [0.1, 0.15) is 51.2 Å². The van der Waals surface area contributed by atoms with Crippen molar-refractivity contribution in [1.29, 1.82) is 0 Å². The standard InChI is InChI=1S/C24H26N4/c1-5-9-23-20(11-8-15-25-23)18(4)27-21(17(2)3)13-14-24-26-16-19-10-6-7-12-22(19)28-24/h5-12,15-16H,13-14H2,1-4H3/b9-5-,27-18?. The van der Waals surface area contributed by atoms with E-state index in [1.807, 2.05) is 68.7 Å². The molecular formula is C24H26N4. The number of allylic oxidation sites excluding steroid dienone is 3. The first kappa shape index (κ1) is 19.6. The number of aryl methyl sites for hydroxylation is 1. The molecule has 0 saturated carbocycles. The van der Waals surface area contributed by atoms with E-state index in [2.05, 4.69) is 34.9 Å². The number of para-hydroxylation sites is 1. The van der Waals surface area contributed by atoms with E-state index in [1.165, 1.54) is 5.57 Å². The van der Waals surface area contributed by atoms with Crippen molar-refractivity contribution >= 4 is 22.7 Å². The van der Waals surface area contributed by atoms with Crippen molar-refractivity contribution in [2.24, 2.45) is 4.99 Å². The molecule has 0 bridgehead atoms. The fraction of sp³-hybridized carbons (Fsp3) is 0.250. The highest BCUT2D eigenvalue weighted by Gasteiger charge is 2.08. The van der Waals surface area contributed by atoms with Crippen molar-refractivity contribution < 1.29 is 0 Å². The van der Waals surface area contributed by atoms with E-state index in [-0.39, 0.29) is 0 Å². The molecule has 0 aliphatic rings. The monoisotopic (exact) mass is 370 g/mol. The van der Waals surface area contributed by atoms with Crippen LogP contribution < -0.4 is 0 Å². The maximum atomic E-state index is 4.93. The fourth-order valence-corrected chi connectivity index (χ4v) is 3.06. The number of rotatable bonds is 6. The lowest BCUT2D eigenvalue weighted by molar-refractivity contribution is 0.841. The van der Waals surface area contributed by atoms with Crippen LogP contribution in [0, 0.1) is 0 Å². The molecule has 2 heterocycles. The van der Waals surface area contributed by atoms with E-state index in [9.17, 15) is 0 Å². The minimum atomic E-state index is 0.761. The lowest BCUT2D eigenvalue weighted by Crippen LogP contribution is -2.02. The topological polar surface area (TPSA) is 51.0 Å². The van der Waals surface area contributed by atoms with Gasteiger partial charge in [0.05, 0.1) is 11.2 Å². The number of hydrogen-bond donors (Lipinski definition) is 0. The second-order valence-corrected chi connectivity index (χ2v) is 6.93. The second kappa shape index (κ2) is 9.18. The summed E-state index contributed by atoms with van der Waals surface area (Å²) in [7, 11) is 0. The van der Waals surface area contributed by atoms with Crippen molar-refractivity contribution in [3.8, 4) is 0 Å². The third kappa shape index (κ3) is 4.77. The Hall–Kier alpha value is -3.14. The van der Waals surface area contributed by atoms with Crippen LogP contribution in [0.2, 0.25) is 0 Å². The highest BCUT2D eigenvalue weighted by Crippen LogP contribution is 2.18. The molecule has 0 radical (unpaired) electrons. The largest absolute Gasteiger partial charge is 0.258 e. The quantitative estimate of drug-likeness (QED) is 0.516. The van der Waals surface area contributed by atoms with Crippen LogP contribution in [0.5, 0.6) is 0 Å². The van der Waals surface area contributed by atoms with Gasteiger partial charge in [-0.3, -0.25) is 9.98 Å². The van der Waals surface area contributed by atoms with Gasteiger partial charge in [0.1, 0.15) is 5.82 Å². The van der Waals surface area contributed by atoms with Crippen LogP contribution in [-0.4, -0.2) is 20.7 Å². The van der Waals surface area contributed by atoms with Gasteiger partial charge in [0.2, 0.25) is 0 Å². The van der Waals surface area contributed by atoms with E-state index in [4.69, 9.17) is 4.99 Å². The molecule has 0 N–H and O–H groups in total. The highest BCUT2D eigenvalue weighted by molar-refractivity contribution is 6.01. The Morgan fingerprint density at radius 1 is 1.04 bits per heavy atom. The molecule has 142 valence electrons. The first-order valence-electron chi connectivity index (χ1n) is 9.59. The van der Waals surface area contributed by atoms with Gasteiger partial charge < -0.3 is 0 Å². The van der Waals surface area contributed by atoms with Crippen LogP contribution in [0.25, 0.3) is 17.0 Å². The molecule has 1 aromatic carbocycles. The predicted molar refractivity (Wildman–Crippen MR) is 117 cm³/mol. The molecular weight excluding hydrogens is 344 g/mol. The molecule has 3 rings (SSSR count). The molecule has 2 aromatic heterocycles. The zero-order valence-corrected chi connectivity index (χ0v) is 17.0. The van der Waals surface area contributed by atoms with Gasteiger partial charge in [-0.15, -0.1) is 0 Å². The maximum absolute atomic E-state index is 4.93. The molecule has 0 fully saturated rings. The third-order valence-corrected chi connectivity index (χ3v) is 4.56. The molecule has 0 spiro atoms. The van der Waals surface area contributed by atoms with Gasteiger partial charge in [-0.2, -0.15) is 0 Å². The van der Waals surface area contributed by atoms with Crippen molar-refractivity contribution in [2.45, 2.75) is 40.5 Å². The van der Waals surface area contributed by atoms with Crippen molar-refractivity contribution in [2.75, 3.05) is 0 Å². The Bertz CT molecular complexity index is 1060. The van der Waals surface area contributed by atoms with E-state index in [0.717, 1.165) is 52.2 Å². The average Bonchev–Trinajstić information content (AvgIpc) is 2.71. The van der Waals surface area contributed by atoms with Crippen LogP contribution in [-0.2, 0) is 6.42 Å². The predicted octanol–water partition coefficient (Wildman–Crippen LogP) is 5.79. The number of aliphatic imine (C=N–C) groups is 1. The molecule has 0 aliphatic heterocycles. The van der Waals surface area contributed by atoms with E-state index in [0.29, 0.717) is 0 Å². The molecule has 3 aromatic rings. The fourth-order valence-electron chi connectivity index (χ4n) is 3.06. The normalized spacial score (nSPS) is 11.9. The van der Waals surface area contributed by atoms with Gasteiger partial charge in [-0.25, -0.2) is 9.97 Å². The summed E-state index contributed by atoms with van der Waals surface area (Å²) in [6, 6.07) is 12.1. The van der Waals surface area contributed by atoms with E-state index < -0.39 is 0 Å². The van der Waals surface area contributed by atoms with Gasteiger partial charge in [-0.05, 0) is 58.4 Å². The molecule has 0 aliphatic carbocycles. The van der Waals surface area contributed by atoms with E-state index >= 15 is 0 Å². The van der Waals surface area contributed by atoms with Crippen molar-refractivity contribution in [3.63, 3.8) is 0 Å². The smallest absolute Gasteiger partial charge is 0.129 e. The molecule has 0 unspecified atom stereocenters. The highest BCUT2D eigenvalue weighted by atomic mass is 14.9. The van der Waals surface area contributed by atoms with Crippen LogP contribution in [0.3, 0.4) is 0 Å². The van der Waals surface area contributed by atoms with Crippen LogP contribution in [0.15, 0.2) is 71.1 Å². The first-order chi connectivity index (χ1) is 13.6. The van der Waals surface area contributed by atoms with Crippen molar-refractivity contribution in [3.05, 3.63) is 83.2 Å². The molecule has 0 saturated heterocycles. The number of nitrogens with zero attached hydrogens (tertiary/aromatic N) is 4.